The first kappa shape index (κ1) is 23.3. The highest BCUT2D eigenvalue weighted by Gasteiger charge is 2.24. The Kier molecular flexibility index (Phi) is 6.77. The molecule has 0 aliphatic rings. The first-order valence-corrected chi connectivity index (χ1v) is 10.8. The minimum atomic E-state index is -0.00403. The summed E-state index contributed by atoms with van der Waals surface area (Å²) in [6.45, 7) is 22.4. The average Bonchev–Trinajstić information content (AvgIpc) is 2.59. The van der Waals surface area contributed by atoms with Gasteiger partial charge in [-0.2, -0.15) is 0 Å². The van der Waals surface area contributed by atoms with Crippen molar-refractivity contribution >= 4 is 0 Å². The number of hydrogen-bond acceptors (Lipinski definition) is 2. The number of rotatable bonds is 5. The largest absolute Gasteiger partial charge is 0.457 e. The Morgan fingerprint density at radius 3 is 1.55 bits per heavy atom. The maximum absolute atomic E-state index is 6.14. The van der Waals surface area contributed by atoms with Crippen molar-refractivity contribution in [3.05, 3.63) is 58.7 Å². The molecule has 0 radical (unpaired) electrons. The second kappa shape index (κ2) is 8.42. The van der Waals surface area contributed by atoms with Crippen molar-refractivity contribution in [1.29, 1.82) is 0 Å². The number of aryl methyl sites for hydroxylation is 1. The van der Waals surface area contributed by atoms with E-state index in [9.17, 15) is 0 Å². The van der Waals surface area contributed by atoms with Gasteiger partial charge in [0.05, 0.1) is 0 Å². The van der Waals surface area contributed by atoms with E-state index in [0.29, 0.717) is 0 Å². The zero-order chi connectivity index (χ0) is 22.0. The predicted molar refractivity (Wildman–Crippen MR) is 124 cm³/mol. The van der Waals surface area contributed by atoms with E-state index in [-0.39, 0.29) is 23.0 Å². The Morgan fingerprint density at radius 2 is 1.10 bits per heavy atom. The highest BCUT2D eigenvalue weighted by molar-refractivity contribution is 5.44. The third-order valence-corrected chi connectivity index (χ3v) is 5.34. The topological polar surface area (TPSA) is 18.5 Å². The lowest BCUT2D eigenvalue weighted by molar-refractivity contribution is 0.115. The Labute approximate surface area is 178 Å². The zero-order valence-electron chi connectivity index (χ0n) is 20.2. The van der Waals surface area contributed by atoms with Gasteiger partial charge in [0.1, 0.15) is 11.5 Å². The van der Waals surface area contributed by atoms with Crippen molar-refractivity contribution in [2.45, 2.75) is 91.9 Å². The summed E-state index contributed by atoms with van der Waals surface area (Å²) in [4.78, 5) is 0. The molecular weight excluding hydrogens is 356 g/mol. The van der Waals surface area contributed by atoms with Crippen LogP contribution in [0, 0.1) is 0 Å². The van der Waals surface area contributed by atoms with Crippen LogP contribution >= 0.6 is 0 Å². The maximum Gasteiger partial charge on any atom is 0.230 e. The summed E-state index contributed by atoms with van der Waals surface area (Å²) in [6.07, 6.45) is 1.02. The SMILES string of the molecule is CCc1ccc(OCOc2ccc(C(C)(C)C)cc2C(C)(C)C)c(C(C)(C)C)c1. The number of benzene rings is 2. The van der Waals surface area contributed by atoms with Crippen LogP contribution in [0.5, 0.6) is 11.5 Å². The van der Waals surface area contributed by atoms with Gasteiger partial charge < -0.3 is 9.47 Å². The van der Waals surface area contributed by atoms with Gasteiger partial charge in [-0.05, 0) is 57.1 Å². The summed E-state index contributed by atoms with van der Waals surface area (Å²) in [5.41, 5.74) is 5.21. The molecule has 0 aromatic heterocycles. The van der Waals surface area contributed by atoms with E-state index in [1.165, 1.54) is 22.3 Å². The standard InChI is InChI=1S/C27H40O2/c1-11-19-12-14-23(21(16-19)26(5,6)7)28-18-29-24-15-13-20(25(2,3)4)17-22(24)27(8,9)10/h12-17H,11,18H2,1-10H3. The second-order valence-corrected chi connectivity index (χ2v) is 11.1. The normalized spacial score (nSPS) is 12.8. The molecular formula is C27H40O2. The van der Waals surface area contributed by atoms with Gasteiger partial charge in [0.15, 0.2) is 0 Å². The minimum Gasteiger partial charge on any atom is -0.457 e. The molecule has 2 rings (SSSR count). The quantitative estimate of drug-likeness (QED) is 0.486. The van der Waals surface area contributed by atoms with Gasteiger partial charge in [0.2, 0.25) is 6.79 Å². The van der Waals surface area contributed by atoms with Gasteiger partial charge in [-0.15, -0.1) is 0 Å². The van der Waals surface area contributed by atoms with Gasteiger partial charge >= 0.3 is 0 Å². The molecule has 0 atom stereocenters. The van der Waals surface area contributed by atoms with Crippen LogP contribution in [0.15, 0.2) is 36.4 Å². The van der Waals surface area contributed by atoms with E-state index in [1.807, 2.05) is 0 Å². The summed E-state index contributed by atoms with van der Waals surface area (Å²) < 4.78 is 12.2. The molecule has 0 N–H and O–H groups in total. The fourth-order valence-electron chi connectivity index (χ4n) is 3.37. The molecule has 0 amide bonds. The van der Waals surface area contributed by atoms with Gasteiger partial charge in [-0.25, -0.2) is 0 Å². The van der Waals surface area contributed by atoms with Crippen LogP contribution in [0.4, 0.5) is 0 Å². The smallest absolute Gasteiger partial charge is 0.230 e. The van der Waals surface area contributed by atoms with Gasteiger partial charge in [-0.1, -0.05) is 93.5 Å². The maximum atomic E-state index is 6.14. The van der Waals surface area contributed by atoms with Crippen molar-refractivity contribution in [3.8, 4) is 11.5 Å². The van der Waals surface area contributed by atoms with E-state index in [2.05, 4.69) is 106 Å². The van der Waals surface area contributed by atoms with Crippen LogP contribution in [0.1, 0.15) is 91.5 Å². The van der Waals surface area contributed by atoms with Crippen LogP contribution in [-0.2, 0) is 22.7 Å². The van der Waals surface area contributed by atoms with E-state index in [4.69, 9.17) is 9.47 Å². The highest BCUT2D eigenvalue weighted by Crippen LogP contribution is 2.36. The summed E-state index contributed by atoms with van der Waals surface area (Å²) in [5, 5.41) is 0. The molecule has 160 valence electrons. The summed E-state index contributed by atoms with van der Waals surface area (Å²) in [6, 6.07) is 13.0. The van der Waals surface area contributed by atoms with Gasteiger partial charge in [0, 0.05) is 0 Å². The third kappa shape index (κ3) is 6.01. The Morgan fingerprint density at radius 1 is 0.621 bits per heavy atom. The molecule has 0 heterocycles. The summed E-state index contributed by atoms with van der Waals surface area (Å²) >= 11 is 0. The molecule has 2 aromatic rings. The molecule has 0 bridgehead atoms. The second-order valence-electron chi connectivity index (χ2n) is 11.1. The first-order chi connectivity index (χ1) is 13.2. The molecule has 0 spiro atoms. The third-order valence-electron chi connectivity index (χ3n) is 5.34. The van der Waals surface area contributed by atoms with Crippen LogP contribution in [-0.4, -0.2) is 6.79 Å². The lowest BCUT2D eigenvalue weighted by Crippen LogP contribution is -2.19. The molecule has 0 saturated carbocycles. The lowest BCUT2D eigenvalue weighted by atomic mass is 9.80. The Hall–Kier alpha value is -1.96. The molecule has 2 heteroatoms. The Balaban J connectivity index is 2.25. The number of hydrogen-bond donors (Lipinski definition) is 0. The zero-order valence-corrected chi connectivity index (χ0v) is 20.2. The Bertz CT molecular complexity index is 827. The van der Waals surface area contributed by atoms with Crippen LogP contribution in [0.3, 0.4) is 0 Å². The highest BCUT2D eigenvalue weighted by atomic mass is 16.7. The fourth-order valence-corrected chi connectivity index (χ4v) is 3.37. The molecule has 0 fully saturated rings. The molecule has 0 aliphatic carbocycles. The molecule has 0 saturated heterocycles. The van der Waals surface area contributed by atoms with Gasteiger partial charge in [-0.3, -0.25) is 0 Å². The fraction of sp³-hybridized carbons (Fsp3) is 0.556. The molecule has 0 aliphatic heterocycles. The molecule has 29 heavy (non-hydrogen) atoms. The lowest BCUT2D eigenvalue weighted by Gasteiger charge is -2.27. The minimum absolute atomic E-state index is 0.00403. The van der Waals surface area contributed by atoms with Crippen LogP contribution in [0.2, 0.25) is 0 Å². The van der Waals surface area contributed by atoms with E-state index < -0.39 is 0 Å². The van der Waals surface area contributed by atoms with E-state index in [0.717, 1.165) is 17.9 Å². The molecule has 0 unspecified atom stereocenters. The first-order valence-electron chi connectivity index (χ1n) is 10.8. The summed E-state index contributed by atoms with van der Waals surface area (Å²) in [7, 11) is 0. The molecule has 2 nitrogen and oxygen atoms in total. The van der Waals surface area contributed by atoms with E-state index in [1.54, 1.807) is 0 Å². The van der Waals surface area contributed by atoms with Crippen molar-refractivity contribution in [1.82, 2.24) is 0 Å². The average molecular weight is 397 g/mol. The van der Waals surface area contributed by atoms with E-state index >= 15 is 0 Å². The van der Waals surface area contributed by atoms with Crippen LogP contribution in [0.25, 0.3) is 0 Å². The number of ether oxygens (including phenoxy) is 2. The predicted octanol–water partition coefficient (Wildman–Crippen LogP) is 7.56. The van der Waals surface area contributed by atoms with Crippen molar-refractivity contribution in [3.63, 3.8) is 0 Å². The summed E-state index contributed by atoms with van der Waals surface area (Å²) in [5.74, 6) is 1.80. The van der Waals surface area contributed by atoms with Crippen molar-refractivity contribution < 1.29 is 9.47 Å². The monoisotopic (exact) mass is 396 g/mol. The molecule has 2 aromatic carbocycles. The van der Waals surface area contributed by atoms with Crippen molar-refractivity contribution in [2.75, 3.05) is 6.79 Å². The van der Waals surface area contributed by atoms with Crippen molar-refractivity contribution in [2.24, 2.45) is 0 Å². The van der Waals surface area contributed by atoms with Gasteiger partial charge in [0.25, 0.3) is 0 Å². The van der Waals surface area contributed by atoms with Crippen LogP contribution < -0.4 is 9.47 Å².